The van der Waals surface area contributed by atoms with Gasteiger partial charge in [0.15, 0.2) is 11.0 Å². The number of hydrogen-bond donors (Lipinski definition) is 1. The third kappa shape index (κ3) is 4.17. The summed E-state index contributed by atoms with van der Waals surface area (Å²) in [6.45, 7) is 8.84. The predicted octanol–water partition coefficient (Wildman–Crippen LogP) is 3.45. The van der Waals surface area contributed by atoms with E-state index in [1.165, 1.54) is 23.9 Å². The molecule has 146 valence electrons. The Morgan fingerprint density at radius 3 is 2.59 bits per heavy atom. The minimum atomic E-state index is -3.77. The van der Waals surface area contributed by atoms with Gasteiger partial charge >= 0.3 is 0 Å². The summed E-state index contributed by atoms with van der Waals surface area (Å²) in [6, 6.07) is 4.77. The van der Waals surface area contributed by atoms with Crippen LogP contribution in [0, 0.1) is 0 Å². The molecule has 0 unspecified atom stereocenters. The van der Waals surface area contributed by atoms with Crippen LogP contribution < -0.4 is 5.14 Å². The number of hydrogen-bond acceptors (Lipinski definition) is 7. The van der Waals surface area contributed by atoms with Gasteiger partial charge in [-0.1, -0.05) is 37.7 Å². The van der Waals surface area contributed by atoms with E-state index in [1.54, 1.807) is 6.07 Å². The smallest absolute Gasteiger partial charge is 0.239 e. The van der Waals surface area contributed by atoms with E-state index in [9.17, 15) is 8.42 Å². The zero-order valence-corrected chi connectivity index (χ0v) is 17.3. The first-order valence-electron chi connectivity index (χ1n) is 8.74. The molecular weight excluding hydrogens is 386 g/mol. The molecule has 0 spiro atoms. The number of rotatable bonds is 7. The molecule has 3 aromatic rings. The molecule has 2 N–H and O–H groups in total. The van der Waals surface area contributed by atoms with Crippen LogP contribution in [0.25, 0.3) is 11.0 Å². The van der Waals surface area contributed by atoms with Gasteiger partial charge in [-0.05, 0) is 31.5 Å². The molecule has 0 radical (unpaired) electrons. The molecule has 2 heterocycles. The van der Waals surface area contributed by atoms with Crippen LogP contribution in [0.1, 0.15) is 57.0 Å². The number of aromatic nitrogens is 4. The van der Waals surface area contributed by atoms with Crippen LogP contribution in [0.5, 0.6) is 0 Å². The van der Waals surface area contributed by atoms with Gasteiger partial charge in [-0.3, -0.25) is 0 Å². The lowest BCUT2D eigenvalue weighted by atomic mass is 10.2. The minimum absolute atomic E-state index is 0.0548. The Hall–Kier alpha value is -1.91. The zero-order chi connectivity index (χ0) is 19.8. The van der Waals surface area contributed by atoms with Gasteiger partial charge in [-0.15, -0.1) is 0 Å². The van der Waals surface area contributed by atoms with Crippen molar-refractivity contribution in [1.82, 2.24) is 19.7 Å². The van der Waals surface area contributed by atoms with Crippen molar-refractivity contribution in [3.63, 3.8) is 0 Å². The summed E-state index contributed by atoms with van der Waals surface area (Å²) in [5.74, 6) is 1.42. The van der Waals surface area contributed by atoms with Crippen molar-refractivity contribution in [3.05, 3.63) is 29.9 Å². The molecule has 27 heavy (non-hydrogen) atoms. The Morgan fingerprint density at radius 1 is 1.26 bits per heavy atom. The Kier molecular flexibility index (Phi) is 5.59. The van der Waals surface area contributed by atoms with Crippen molar-refractivity contribution >= 4 is 32.8 Å². The Morgan fingerprint density at radius 2 is 2.00 bits per heavy atom. The second kappa shape index (κ2) is 7.61. The van der Waals surface area contributed by atoms with Crippen LogP contribution in [0.15, 0.2) is 32.8 Å². The summed E-state index contributed by atoms with van der Waals surface area (Å²) in [5, 5.41) is 9.94. The van der Waals surface area contributed by atoms with E-state index in [1.807, 2.05) is 20.8 Å². The van der Waals surface area contributed by atoms with Gasteiger partial charge in [-0.2, -0.15) is 4.98 Å². The molecule has 10 heteroatoms. The molecule has 3 rings (SSSR count). The second-order valence-electron chi connectivity index (χ2n) is 6.65. The third-order valence-corrected chi connectivity index (χ3v) is 6.05. The van der Waals surface area contributed by atoms with Crippen molar-refractivity contribution in [3.8, 4) is 0 Å². The lowest BCUT2D eigenvalue weighted by Crippen LogP contribution is -2.11. The molecule has 0 aliphatic heterocycles. The number of thioether (sulfide) groups is 1. The summed E-state index contributed by atoms with van der Waals surface area (Å²) in [7, 11) is -3.77. The predicted molar refractivity (Wildman–Crippen MR) is 104 cm³/mol. The van der Waals surface area contributed by atoms with E-state index in [0.29, 0.717) is 17.2 Å². The molecule has 0 aliphatic rings. The van der Waals surface area contributed by atoms with Gasteiger partial charge < -0.3 is 9.09 Å². The maximum absolute atomic E-state index is 11.6. The van der Waals surface area contributed by atoms with Crippen molar-refractivity contribution in [2.45, 2.75) is 61.9 Å². The highest BCUT2D eigenvalue weighted by Gasteiger charge is 2.21. The molecule has 8 nitrogen and oxygen atoms in total. The highest BCUT2D eigenvalue weighted by atomic mass is 32.2. The number of nitrogens with two attached hydrogens (primary N) is 1. The normalized spacial score (nSPS) is 13.6. The standard InChI is InChI=1S/C17H23N5O3S2/c1-5-8-22-14-7-6-12(27(18,23)24)9-13(14)19-17(22)26-11(4)16-20-15(10(2)3)21-25-16/h6-7,9-11H,5,8H2,1-4H3,(H2,18,23,24)/t11-/m0/s1. The van der Waals surface area contributed by atoms with Gasteiger partial charge in [0, 0.05) is 12.5 Å². The van der Waals surface area contributed by atoms with Crippen LogP contribution in [0.4, 0.5) is 0 Å². The monoisotopic (exact) mass is 409 g/mol. The summed E-state index contributed by atoms with van der Waals surface area (Å²) < 4.78 is 30.7. The lowest BCUT2D eigenvalue weighted by Gasteiger charge is -2.09. The quantitative estimate of drug-likeness (QED) is 0.594. The lowest BCUT2D eigenvalue weighted by molar-refractivity contribution is 0.373. The van der Waals surface area contributed by atoms with Crippen LogP contribution >= 0.6 is 11.8 Å². The largest absolute Gasteiger partial charge is 0.338 e. The fourth-order valence-corrected chi connectivity index (χ4v) is 4.16. The van der Waals surface area contributed by atoms with Crippen LogP contribution in [-0.2, 0) is 16.6 Å². The summed E-state index contributed by atoms with van der Waals surface area (Å²) in [6.07, 6.45) is 0.919. The molecule has 0 bridgehead atoms. The van der Waals surface area contributed by atoms with Crippen LogP contribution in [-0.4, -0.2) is 28.1 Å². The molecule has 0 fully saturated rings. The fraction of sp³-hybridized carbons (Fsp3) is 0.471. The first kappa shape index (κ1) is 19.8. The molecule has 1 atom stereocenters. The maximum Gasteiger partial charge on any atom is 0.239 e. The summed E-state index contributed by atoms with van der Waals surface area (Å²) in [5.41, 5.74) is 1.46. The number of benzene rings is 1. The molecule has 2 aromatic heterocycles. The number of fused-ring (bicyclic) bond motifs is 1. The Labute approximate surface area is 162 Å². The SMILES string of the molecule is CCCn1c(S[C@@H](C)c2nc(C(C)C)no2)nc2cc(S(N)(=O)=O)ccc21. The average molecular weight is 410 g/mol. The number of sulfonamides is 1. The van der Waals surface area contributed by atoms with E-state index >= 15 is 0 Å². The van der Waals surface area contributed by atoms with Gasteiger partial charge in [0.2, 0.25) is 15.9 Å². The number of nitrogens with zero attached hydrogens (tertiary/aromatic N) is 4. The van der Waals surface area contributed by atoms with Crippen molar-refractivity contribution in [1.29, 1.82) is 0 Å². The van der Waals surface area contributed by atoms with Gasteiger partial charge in [-0.25, -0.2) is 18.5 Å². The number of imidazole rings is 1. The highest BCUT2D eigenvalue weighted by molar-refractivity contribution is 7.99. The van der Waals surface area contributed by atoms with E-state index in [-0.39, 0.29) is 16.1 Å². The van der Waals surface area contributed by atoms with Gasteiger partial charge in [0.25, 0.3) is 0 Å². The van der Waals surface area contributed by atoms with E-state index in [0.717, 1.165) is 23.6 Å². The highest BCUT2D eigenvalue weighted by Crippen LogP contribution is 2.36. The third-order valence-electron chi connectivity index (χ3n) is 4.06. The van der Waals surface area contributed by atoms with Crippen LogP contribution in [0.3, 0.4) is 0 Å². The van der Waals surface area contributed by atoms with Crippen molar-refractivity contribution in [2.24, 2.45) is 5.14 Å². The fourth-order valence-electron chi connectivity index (χ4n) is 2.65. The van der Waals surface area contributed by atoms with Crippen LogP contribution in [0.2, 0.25) is 0 Å². The zero-order valence-electron chi connectivity index (χ0n) is 15.7. The second-order valence-corrected chi connectivity index (χ2v) is 9.52. The Bertz CT molecular complexity index is 1060. The molecule has 0 aliphatic carbocycles. The molecule has 0 saturated carbocycles. The van der Waals surface area contributed by atoms with Crippen molar-refractivity contribution < 1.29 is 12.9 Å². The number of primary sulfonamides is 1. The topological polar surface area (TPSA) is 117 Å². The summed E-state index contributed by atoms with van der Waals surface area (Å²) in [4.78, 5) is 9.13. The van der Waals surface area contributed by atoms with Gasteiger partial charge in [0.1, 0.15) is 0 Å². The first-order chi connectivity index (χ1) is 12.7. The average Bonchev–Trinajstić information content (AvgIpc) is 3.20. The first-order valence-corrected chi connectivity index (χ1v) is 11.2. The van der Waals surface area contributed by atoms with Crippen molar-refractivity contribution in [2.75, 3.05) is 0 Å². The molecule has 0 saturated heterocycles. The number of aryl methyl sites for hydroxylation is 1. The Balaban J connectivity index is 1.97. The maximum atomic E-state index is 11.6. The van der Waals surface area contributed by atoms with E-state index in [4.69, 9.17) is 9.66 Å². The molecule has 1 aromatic carbocycles. The van der Waals surface area contributed by atoms with E-state index < -0.39 is 10.0 Å². The molecular formula is C17H23N5O3S2. The minimum Gasteiger partial charge on any atom is -0.338 e. The van der Waals surface area contributed by atoms with E-state index in [2.05, 4.69) is 26.6 Å². The van der Waals surface area contributed by atoms with Gasteiger partial charge in [0.05, 0.1) is 21.2 Å². The summed E-state index contributed by atoms with van der Waals surface area (Å²) >= 11 is 1.50. The molecule has 0 amide bonds.